The van der Waals surface area contributed by atoms with E-state index >= 15 is 0 Å². The highest BCUT2D eigenvalue weighted by Gasteiger charge is 2.33. The maximum atomic E-state index is 6.08. The van der Waals surface area contributed by atoms with Gasteiger partial charge in [-0.25, -0.2) is 0 Å². The van der Waals surface area contributed by atoms with Gasteiger partial charge in [-0.05, 0) is 30.5 Å². The Morgan fingerprint density at radius 2 is 2.06 bits per heavy atom. The molecule has 0 unspecified atom stereocenters. The zero-order valence-electron chi connectivity index (χ0n) is 9.22. The molecular formula is C13H16BrClO. The molecule has 3 heteroatoms. The minimum Gasteiger partial charge on any atom is -0.369 e. The average Bonchev–Trinajstić information content (AvgIpc) is 2.76. The molecule has 0 amide bonds. The van der Waals surface area contributed by atoms with E-state index in [-0.39, 0.29) is 5.60 Å². The second-order valence-corrected chi connectivity index (χ2v) is 5.44. The van der Waals surface area contributed by atoms with Gasteiger partial charge in [0.1, 0.15) is 0 Å². The van der Waals surface area contributed by atoms with Gasteiger partial charge in [0, 0.05) is 10.4 Å². The Morgan fingerprint density at radius 1 is 1.31 bits per heavy atom. The van der Waals surface area contributed by atoms with Gasteiger partial charge in [-0.2, -0.15) is 0 Å². The molecule has 0 aromatic heterocycles. The second-order valence-electron chi connectivity index (χ2n) is 4.44. The van der Waals surface area contributed by atoms with Crippen molar-refractivity contribution in [3.8, 4) is 0 Å². The monoisotopic (exact) mass is 302 g/mol. The Hall–Kier alpha value is -0.0500. The predicted molar refractivity (Wildman–Crippen MR) is 71.2 cm³/mol. The standard InChI is InChI=1S/C13H16BrClO/c14-10-13(6-1-2-7-13)16-9-11-4-3-5-12(15)8-11/h3-5,8H,1-2,6-7,9-10H2. The Balaban J connectivity index is 1.95. The molecule has 0 atom stereocenters. The van der Waals surface area contributed by atoms with Crippen molar-refractivity contribution in [1.29, 1.82) is 0 Å². The van der Waals surface area contributed by atoms with E-state index < -0.39 is 0 Å². The van der Waals surface area contributed by atoms with Gasteiger partial charge in [0.05, 0.1) is 12.2 Å². The van der Waals surface area contributed by atoms with Crippen molar-refractivity contribution in [2.45, 2.75) is 37.9 Å². The minimum absolute atomic E-state index is 0.0579. The van der Waals surface area contributed by atoms with E-state index in [1.807, 2.05) is 18.2 Å². The summed E-state index contributed by atoms with van der Waals surface area (Å²) in [6, 6.07) is 7.89. The van der Waals surface area contributed by atoms with E-state index in [4.69, 9.17) is 16.3 Å². The highest BCUT2D eigenvalue weighted by molar-refractivity contribution is 9.09. The lowest BCUT2D eigenvalue weighted by Crippen LogP contribution is -2.30. The van der Waals surface area contributed by atoms with Crippen molar-refractivity contribution in [2.75, 3.05) is 5.33 Å². The third kappa shape index (κ3) is 2.99. The third-order valence-electron chi connectivity index (χ3n) is 3.19. The van der Waals surface area contributed by atoms with E-state index in [9.17, 15) is 0 Å². The summed E-state index contributed by atoms with van der Waals surface area (Å²) in [5, 5.41) is 1.71. The lowest BCUT2D eigenvalue weighted by atomic mass is 10.1. The van der Waals surface area contributed by atoms with Gasteiger partial charge in [0.15, 0.2) is 0 Å². The van der Waals surface area contributed by atoms with Gasteiger partial charge in [-0.15, -0.1) is 0 Å². The lowest BCUT2D eigenvalue weighted by molar-refractivity contribution is -0.0330. The van der Waals surface area contributed by atoms with Crippen LogP contribution in [0.5, 0.6) is 0 Å². The van der Waals surface area contributed by atoms with Crippen molar-refractivity contribution in [1.82, 2.24) is 0 Å². The topological polar surface area (TPSA) is 9.23 Å². The largest absolute Gasteiger partial charge is 0.369 e. The first-order valence-corrected chi connectivity index (χ1v) is 7.18. The highest BCUT2D eigenvalue weighted by atomic mass is 79.9. The quantitative estimate of drug-likeness (QED) is 0.741. The summed E-state index contributed by atoms with van der Waals surface area (Å²) in [6.07, 6.45) is 4.89. The first-order chi connectivity index (χ1) is 7.74. The molecule has 1 aliphatic carbocycles. The van der Waals surface area contributed by atoms with Gasteiger partial charge < -0.3 is 4.74 Å². The Labute approximate surface area is 110 Å². The molecule has 88 valence electrons. The molecule has 0 saturated heterocycles. The minimum atomic E-state index is 0.0579. The highest BCUT2D eigenvalue weighted by Crippen LogP contribution is 2.35. The van der Waals surface area contributed by atoms with Crippen LogP contribution in [-0.2, 0) is 11.3 Å². The Kier molecular flexibility index (Phi) is 4.28. The van der Waals surface area contributed by atoms with Crippen LogP contribution in [-0.4, -0.2) is 10.9 Å². The van der Waals surface area contributed by atoms with Crippen LogP contribution in [0.2, 0.25) is 5.02 Å². The van der Waals surface area contributed by atoms with Crippen LogP contribution in [0.25, 0.3) is 0 Å². The summed E-state index contributed by atoms with van der Waals surface area (Å²) < 4.78 is 6.08. The summed E-state index contributed by atoms with van der Waals surface area (Å²) in [5.74, 6) is 0. The van der Waals surface area contributed by atoms with Crippen LogP contribution >= 0.6 is 27.5 Å². The van der Waals surface area contributed by atoms with Gasteiger partial charge in [-0.3, -0.25) is 0 Å². The number of rotatable bonds is 4. The first-order valence-electron chi connectivity index (χ1n) is 5.68. The predicted octanol–water partition coefficient (Wildman–Crippen LogP) is 4.56. The zero-order chi connectivity index (χ0) is 11.4. The molecule has 1 aromatic rings. The van der Waals surface area contributed by atoms with E-state index in [0.717, 1.165) is 15.9 Å². The molecule has 0 spiro atoms. The van der Waals surface area contributed by atoms with E-state index in [2.05, 4.69) is 22.0 Å². The van der Waals surface area contributed by atoms with Crippen molar-refractivity contribution in [3.63, 3.8) is 0 Å². The number of halogens is 2. The smallest absolute Gasteiger partial charge is 0.0783 e. The van der Waals surface area contributed by atoms with Gasteiger partial charge in [0.25, 0.3) is 0 Å². The zero-order valence-corrected chi connectivity index (χ0v) is 11.6. The van der Waals surface area contributed by atoms with Crippen LogP contribution in [0.3, 0.4) is 0 Å². The fourth-order valence-corrected chi connectivity index (χ4v) is 3.13. The fraction of sp³-hybridized carbons (Fsp3) is 0.538. The molecule has 0 aliphatic heterocycles. The summed E-state index contributed by atoms with van der Waals surface area (Å²) in [7, 11) is 0. The molecule has 0 radical (unpaired) electrons. The van der Waals surface area contributed by atoms with E-state index in [0.29, 0.717) is 6.61 Å². The maximum Gasteiger partial charge on any atom is 0.0783 e. The number of alkyl halides is 1. The van der Waals surface area contributed by atoms with Crippen LogP contribution in [0, 0.1) is 0 Å². The van der Waals surface area contributed by atoms with Crippen LogP contribution in [0.1, 0.15) is 31.2 Å². The third-order valence-corrected chi connectivity index (χ3v) is 4.45. The summed E-state index contributed by atoms with van der Waals surface area (Å²) in [5.41, 5.74) is 1.21. The normalized spacial score (nSPS) is 18.9. The molecule has 1 aliphatic rings. The number of hydrogen-bond acceptors (Lipinski definition) is 1. The van der Waals surface area contributed by atoms with Gasteiger partial charge in [0.2, 0.25) is 0 Å². The van der Waals surface area contributed by atoms with E-state index in [1.165, 1.54) is 25.7 Å². The Morgan fingerprint density at radius 3 is 2.69 bits per heavy atom. The van der Waals surface area contributed by atoms with Gasteiger partial charge in [-0.1, -0.05) is 52.5 Å². The molecule has 1 nitrogen and oxygen atoms in total. The molecule has 0 heterocycles. The van der Waals surface area contributed by atoms with Crippen LogP contribution < -0.4 is 0 Å². The molecule has 1 saturated carbocycles. The summed E-state index contributed by atoms with van der Waals surface area (Å²) in [4.78, 5) is 0. The molecule has 16 heavy (non-hydrogen) atoms. The maximum absolute atomic E-state index is 6.08. The SMILES string of the molecule is Clc1cccc(COC2(CBr)CCCC2)c1. The molecular weight excluding hydrogens is 287 g/mol. The van der Waals surface area contributed by atoms with Crippen molar-refractivity contribution >= 4 is 27.5 Å². The summed E-state index contributed by atoms with van der Waals surface area (Å²) >= 11 is 9.51. The molecule has 0 bridgehead atoms. The molecule has 1 fully saturated rings. The van der Waals surface area contributed by atoms with E-state index in [1.54, 1.807) is 0 Å². The molecule has 1 aromatic carbocycles. The van der Waals surface area contributed by atoms with Gasteiger partial charge >= 0.3 is 0 Å². The molecule has 0 N–H and O–H groups in total. The first kappa shape index (κ1) is 12.4. The summed E-state index contributed by atoms with van der Waals surface area (Å²) in [6.45, 7) is 0.659. The number of hydrogen-bond donors (Lipinski definition) is 0. The van der Waals surface area contributed by atoms with Crippen LogP contribution in [0.15, 0.2) is 24.3 Å². The Bertz CT molecular complexity index is 348. The van der Waals surface area contributed by atoms with Crippen molar-refractivity contribution in [3.05, 3.63) is 34.9 Å². The average molecular weight is 304 g/mol. The van der Waals surface area contributed by atoms with Crippen LogP contribution in [0.4, 0.5) is 0 Å². The van der Waals surface area contributed by atoms with Crippen molar-refractivity contribution < 1.29 is 4.74 Å². The fourth-order valence-electron chi connectivity index (χ4n) is 2.20. The number of ether oxygens (including phenoxy) is 1. The number of benzene rings is 1. The lowest BCUT2D eigenvalue weighted by Gasteiger charge is -2.27. The second kappa shape index (κ2) is 5.52. The van der Waals surface area contributed by atoms with Crippen molar-refractivity contribution in [2.24, 2.45) is 0 Å². The molecule has 2 rings (SSSR count).